The second kappa shape index (κ2) is 8.61. The van der Waals surface area contributed by atoms with Gasteiger partial charge in [-0.2, -0.15) is 9.99 Å². The lowest BCUT2D eigenvalue weighted by Gasteiger charge is -2.27. The van der Waals surface area contributed by atoms with E-state index in [2.05, 4.69) is 20.2 Å². The van der Waals surface area contributed by atoms with E-state index >= 15 is 0 Å². The van der Waals surface area contributed by atoms with Crippen LogP contribution in [-0.2, 0) is 4.74 Å². The molecule has 3 heterocycles. The van der Waals surface area contributed by atoms with Gasteiger partial charge in [-0.3, -0.25) is 4.79 Å². The number of pyridine rings is 1. The molecule has 1 saturated heterocycles. The zero-order valence-electron chi connectivity index (χ0n) is 17.6. The molecule has 2 N–H and O–H groups in total. The summed E-state index contributed by atoms with van der Waals surface area (Å²) < 4.78 is 6.32. The number of hydrogen-bond acceptors (Lipinski definition) is 7. The average Bonchev–Trinajstić information content (AvgIpc) is 3.20. The van der Waals surface area contributed by atoms with Gasteiger partial charge in [0.1, 0.15) is 11.3 Å². The maximum absolute atomic E-state index is 12.6. The van der Waals surface area contributed by atoms with E-state index in [0.29, 0.717) is 52.4 Å². The number of amides is 1. The fourth-order valence-corrected chi connectivity index (χ4v) is 3.73. The summed E-state index contributed by atoms with van der Waals surface area (Å²) >= 11 is 0. The lowest BCUT2D eigenvalue weighted by atomic mass is 10.2. The molecule has 2 aromatic carbocycles. The first-order valence-electron chi connectivity index (χ1n) is 10.4. The Hall–Kier alpha value is -4.42. The van der Waals surface area contributed by atoms with E-state index in [1.54, 1.807) is 54.7 Å². The van der Waals surface area contributed by atoms with E-state index in [4.69, 9.17) is 10.00 Å². The average molecular weight is 440 g/mol. The summed E-state index contributed by atoms with van der Waals surface area (Å²) in [7, 11) is 0. The van der Waals surface area contributed by atoms with Crippen molar-refractivity contribution in [3.63, 3.8) is 0 Å². The van der Waals surface area contributed by atoms with Crippen molar-refractivity contribution in [2.24, 2.45) is 0 Å². The standard InChI is InChI=1S/C24H20N6O3/c25-14-16-1-7-20-21(13-16)30(32)23(28-20)17-2-5-19(6-3-17)27-24(31)18-4-8-22(26-15-18)29-9-11-33-12-10-29/h1-8,13,15,32H,9-12H2,(H,27,31). The number of ether oxygens (including phenoxy) is 1. The van der Waals surface area contributed by atoms with E-state index < -0.39 is 0 Å². The zero-order valence-corrected chi connectivity index (χ0v) is 17.6. The minimum atomic E-state index is -0.262. The molecule has 0 bridgehead atoms. The molecule has 0 atom stereocenters. The third kappa shape index (κ3) is 4.07. The molecule has 0 aliphatic carbocycles. The first kappa shape index (κ1) is 20.5. The van der Waals surface area contributed by atoms with Crippen LogP contribution in [0.2, 0.25) is 0 Å². The molecule has 0 saturated carbocycles. The van der Waals surface area contributed by atoms with Crippen molar-refractivity contribution < 1.29 is 14.7 Å². The van der Waals surface area contributed by atoms with Gasteiger partial charge in [0.15, 0.2) is 5.82 Å². The Morgan fingerprint density at radius 1 is 1.09 bits per heavy atom. The maximum atomic E-state index is 12.6. The van der Waals surface area contributed by atoms with E-state index in [-0.39, 0.29) is 5.91 Å². The van der Waals surface area contributed by atoms with Crippen LogP contribution in [-0.4, -0.2) is 52.1 Å². The molecule has 9 heteroatoms. The zero-order chi connectivity index (χ0) is 22.8. The summed E-state index contributed by atoms with van der Waals surface area (Å²) in [5.41, 5.74) is 3.21. The first-order valence-corrected chi connectivity index (χ1v) is 10.4. The highest BCUT2D eigenvalue weighted by molar-refractivity contribution is 6.04. The van der Waals surface area contributed by atoms with Gasteiger partial charge in [0.2, 0.25) is 0 Å². The molecule has 5 rings (SSSR count). The van der Waals surface area contributed by atoms with Crippen molar-refractivity contribution in [3.05, 3.63) is 71.9 Å². The molecular weight excluding hydrogens is 420 g/mol. The first-order chi connectivity index (χ1) is 16.1. The van der Waals surface area contributed by atoms with E-state index in [0.717, 1.165) is 23.6 Å². The van der Waals surface area contributed by atoms with Crippen LogP contribution in [0.5, 0.6) is 0 Å². The number of fused-ring (bicyclic) bond motifs is 1. The van der Waals surface area contributed by atoms with Gasteiger partial charge in [-0.25, -0.2) is 9.97 Å². The normalized spacial score (nSPS) is 13.6. The van der Waals surface area contributed by atoms with Crippen molar-refractivity contribution in [3.8, 4) is 17.5 Å². The number of nitrogens with one attached hydrogen (secondary N) is 1. The Kier molecular flexibility index (Phi) is 5.34. The lowest BCUT2D eigenvalue weighted by Crippen LogP contribution is -2.36. The second-order valence-electron chi connectivity index (χ2n) is 7.60. The Labute approximate surface area is 189 Å². The molecule has 33 heavy (non-hydrogen) atoms. The minimum absolute atomic E-state index is 0.262. The van der Waals surface area contributed by atoms with Gasteiger partial charge in [0.25, 0.3) is 5.91 Å². The summed E-state index contributed by atoms with van der Waals surface area (Å²) in [6, 6.07) is 17.6. The Morgan fingerprint density at radius 2 is 1.88 bits per heavy atom. The number of morpholine rings is 1. The number of benzene rings is 2. The number of aromatic nitrogens is 3. The summed E-state index contributed by atoms with van der Waals surface area (Å²) in [4.78, 5) is 23.6. The maximum Gasteiger partial charge on any atom is 0.257 e. The van der Waals surface area contributed by atoms with Gasteiger partial charge < -0.3 is 20.2 Å². The topological polar surface area (TPSA) is 116 Å². The number of nitrogens with zero attached hydrogens (tertiary/aromatic N) is 5. The number of carbonyl (C=O) groups is 1. The Balaban J connectivity index is 1.30. The molecule has 1 aliphatic heterocycles. The van der Waals surface area contributed by atoms with Crippen molar-refractivity contribution in [2.45, 2.75) is 0 Å². The summed E-state index contributed by atoms with van der Waals surface area (Å²) in [5.74, 6) is 0.913. The Morgan fingerprint density at radius 3 is 2.58 bits per heavy atom. The van der Waals surface area contributed by atoms with Crippen LogP contribution in [0.3, 0.4) is 0 Å². The molecule has 164 valence electrons. The largest absolute Gasteiger partial charge is 0.426 e. The number of anilines is 2. The van der Waals surface area contributed by atoms with Crippen LogP contribution in [0, 0.1) is 11.3 Å². The minimum Gasteiger partial charge on any atom is -0.426 e. The summed E-state index contributed by atoms with van der Waals surface area (Å²) in [6.07, 6.45) is 1.57. The van der Waals surface area contributed by atoms with Crippen molar-refractivity contribution in [2.75, 3.05) is 36.5 Å². The van der Waals surface area contributed by atoms with Crippen LogP contribution in [0.15, 0.2) is 60.8 Å². The highest BCUT2D eigenvalue weighted by atomic mass is 16.5. The monoisotopic (exact) mass is 440 g/mol. The van der Waals surface area contributed by atoms with E-state index in [1.165, 1.54) is 0 Å². The molecule has 9 nitrogen and oxygen atoms in total. The predicted octanol–water partition coefficient (Wildman–Crippen LogP) is 3.30. The van der Waals surface area contributed by atoms with Crippen molar-refractivity contribution >= 4 is 28.4 Å². The number of nitriles is 1. The van der Waals surface area contributed by atoms with Gasteiger partial charge in [0.05, 0.1) is 35.9 Å². The molecule has 0 radical (unpaired) electrons. The Bertz CT molecular complexity index is 1350. The fraction of sp³-hybridized carbons (Fsp3) is 0.167. The van der Waals surface area contributed by atoms with Crippen molar-refractivity contribution in [1.29, 1.82) is 5.26 Å². The smallest absolute Gasteiger partial charge is 0.257 e. The lowest BCUT2D eigenvalue weighted by molar-refractivity contribution is 0.102. The molecule has 4 aromatic rings. The van der Waals surface area contributed by atoms with Gasteiger partial charge in [-0.1, -0.05) is 0 Å². The molecular formula is C24H20N6O3. The van der Waals surface area contributed by atoms with Crippen LogP contribution < -0.4 is 10.2 Å². The molecule has 1 aliphatic rings. The molecule has 1 fully saturated rings. The number of hydrogen-bond donors (Lipinski definition) is 2. The quantitative estimate of drug-likeness (QED) is 0.468. The van der Waals surface area contributed by atoms with Crippen LogP contribution in [0.1, 0.15) is 15.9 Å². The van der Waals surface area contributed by atoms with Crippen LogP contribution in [0.4, 0.5) is 11.5 Å². The van der Waals surface area contributed by atoms with Gasteiger partial charge in [-0.05, 0) is 54.6 Å². The van der Waals surface area contributed by atoms with Crippen LogP contribution in [0.25, 0.3) is 22.4 Å². The highest BCUT2D eigenvalue weighted by Gasteiger charge is 2.15. The molecule has 0 spiro atoms. The second-order valence-corrected chi connectivity index (χ2v) is 7.60. The van der Waals surface area contributed by atoms with Crippen LogP contribution >= 0.6 is 0 Å². The number of rotatable bonds is 4. The van der Waals surface area contributed by atoms with E-state index in [1.807, 2.05) is 12.1 Å². The third-order valence-corrected chi connectivity index (χ3v) is 5.51. The fourth-order valence-electron chi connectivity index (χ4n) is 3.73. The number of imidazole rings is 1. The van der Waals surface area contributed by atoms with Gasteiger partial charge >= 0.3 is 0 Å². The molecule has 2 aromatic heterocycles. The van der Waals surface area contributed by atoms with Gasteiger partial charge in [0, 0.05) is 30.5 Å². The van der Waals surface area contributed by atoms with Crippen molar-refractivity contribution in [1.82, 2.24) is 14.7 Å². The molecule has 0 unspecified atom stereocenters. The SMILES string of the molecule is N#Cc1ccc2nc(-c3ccc(NC(=O)c4ccc(N5CCOCC5)nc4)cc3)n(O)c2c1. The predicted molar refractivity (Wildman–Crippen MR) is 122 cm³/mol. The highest BCUT2D eigenvalue weighted by Crippen LogP contribution is 2.25. The number of carbonyl (C=O) groups excluding carboxylic acids is 1. The molecule has 1 amide bonds. The van der Waals surface area contributed by atoms with E-state index in [9.17, 15) is 10.0 Å². The summed E-state index contributed by atoms with van der Waals surface area (Å²) in [6.45, 7) is 2.92. The van der Waals surface area contributed by atoms with Gasteiger partial charge in [-0.15, -0.1) is 0 Å². The third-order valence-electron chi connectivity index (χ3n) is 5.51. The summed E-state index contributed by atoms with van der Waals surface area (Å²) in [5, 5.41) is 22.4.